The molecule has 1 aliphatic heterocycles. The lowest BCUT2D eigenvalue weighted by Crippen LogP contribution is -2.40. The second kappa shape index (κ2) is 6.09. The average molecular weight is 294 g/mol. The van der Waals surface area contributed by atoms with Crippen molar-refractivity contribution >= 4 is 11.6 Å². The number of rotatable bonds is 4. The van der Waals surface area contributed by atoms with E-state index < -0.39 is 10.8 Å². The van der Waals surface area contributed by atoms with Crippen LogP contribution in [0.25, 0.3) is 0 Å². The highest BCUT2D eigenvalue weighted by Crippen LogP contribution is 2.33. The average Bonchev–Trinajstić information content (AvgIpc) is 2.86. The number of hydrogen-bond acceptors (Lipinski definition) is 5. The Balaban J connectivity index is 2.45. The maximum atomic E-state index is 12.7. The summed E-state index contributed by atoms with van der Waals surface area (Å²) in [6, 6.07) is 3.96. The summed E-state index contributed by atoms with van der Waals surface area (Å²) >= 11 is 0. The Hall–Kier alpha value is -2.15. The molecule has 1 aliphatic rings. The SMILES string of the molecule is COc1cccc([N+](=O)[O-])c1C(=O)N1CCC(C)C1CO. The number of hydrogen-bond donors (Lipinski definition) is 1. The maximum absolute atomic E-state index is 12.7. The van der Waals surface area contributed by atoms with Gasteiger partial charge in [0, 0.05) is 12.6 Å². The summed E-state index contributed by atoms with van der Waals surface area (Å²) in [6.07, 6.45) is 0.764. The second-order valence-electron chi connectivity index (χ2n) is 5.13. The predicted octanol–water partition coefficient (Wildman–Crippen LogP) is 1.45. The molecular formula is C14H18N2O5. The van der Waals surface area contributed by atoms with Crippen molar-refractivity contribution in [3.8, 4) is 5.75 Å². The van der Waals surface area contributed by atoms with Gasteiger partial charge in [-0.05, 0) is 18.4 Å². The van der Waals surface area contributed by atoms with Crippen LogP contribution in [0.3, 0.4) is 0 Å². The summed E-state index contributed by atoms with van der Waals surface area (Å²) in [5, 5.41) is 20.6. The van der Waals surface area contributed by atoms with Gasteiger partial charge in [0.25, 0.3) is 11.6 Å². The van der Waals surface area contributed by atoms with Gasteiger partial charge in [-0.3, -0.25) is 14.9 Å². The van der Waals surface area contributed by atoms with Crippen molar-refractivity contribution in [2.45, 2.75) is 19.4 Å². The van der Waals surface area contributed by atoms with Crippen LogP contribution < -0.4 is 4.74 Å². The lowest BCUT2D eigenvalue weighted by molar-refractivity contribution is -0.385. The second-order valence-corrected chi connectivity index (χ2v) is 5.13. The first kappa shape index (κ1) is 15.2. The Labute approximate surface area is 122 Å². The number of nitrogens with zero attached hydrogens (tertiary/aromatic N) is 2. The van der Waals surface area contributed by atoms with E-state index in [4.69, 9.17) is 4.74 Å². The standard InChI is InChI=1S/C14H18N2O5/c1-9-6-7-15(11(9)8-17)14(18)13-10(16(19)20)4-3-5-12(13)21-2/h3-5,9,11,17H,6-8H2,1-2H3. The zero-order chi connectivity index (χ0) is 15.6. The van der Waals surface area contributed by atoms with E-state index >= 15 is 0 Å². The third kappa shape index (κ3) is 2.69. The third-order valence-electron chi connectivity index (χ3n) is 3.97. The summed E-state index contributed by atoms with van der Waals surface area (Å²) in [7, 11) is 1.37. The van der Waals surface area contributed by atoms with Crippen LogP contribution in [0.15, 0.2) is 18.2 Å². The number of benzene rings is 1. The topological polar surface area (TPSA) is 92.9 Å². The Morgan fingerprint density at radius 1 is 1.57 bits per heavy atom. The molecule has 2 atom stereocenters. The number of nitro groups is 1. The number of likely N-dealkylation sites (tertiary alicyclic amines) is 1. The minimum Gasteiger partial charge on any atom is -0.496 e. The molecule has 0 aromatic heterocycles. The molecular weight excluding hydrogens is 276 g/mol. The number of aliphatic hydroxyl groups excluding tert-OH is 1. The van der Waals surface area contributed by atoms with E-state index in [-0.39, 0.29) is 35.6 Å². The molecule has 1 aromatic carbocycles. The van der Waals surface area contributed by atoms with Crippen LogP contribution in [0, 0.1) is 16.0 Å². The van der Waals surface area contributed by atoms with Gasteiger partial charge in [-0.15, -0.1) is 0 Å². The largest absolute Gasteiger partial charge is 0.496 e. The van der Waals surface area contributed by atoms with E-state index in [0.717, 1.165) is 6.42 Å². The Bertz CT molecular complexity index is 560. The first-order valence-corrected chi connectivity index (χ1v) is 6.74. The van der Waals surface area contributed by atoms with Crippen LogP contribution in [0.4, 0.5) is 5.69 Å². The highest BCUT2D eigenvalue weighted by Gasteiger charge is 2.38. The zero-order valence-corrected chi connectivity index (χ0v) is 12.0. The first-order valence-electron chi connectivity index (χ1n) is 6.74. The fraction of sp³-hybridized carbons (Fsp3) is 0.500. The minimum absolute atomic E-state index is 0.0578. The van der Waals surface area contributed by atoms with Gasteiger partial charge in [-0.25, -0.2) is 0 Å². The zero-order valence-electron chi connectivity index (χ0n) is 12.0. The van der Waals surface area contributed by atoms with Gasteiger partial charge >= 0.3 is 0 Å². The summed E-state index contributed by atoms with van der Waals surface area (Å²) in [5.74, 6) is -0.138. The van der Waals surface area contributed by atoms with Crippen LogP contribution in [-0.4, -0.2) is 47.1 Å². The molecule has 1 amide bonds. The van der Waals surface area contributed by atoms with Gasteiger partial charge in [0.1, 0.15) is 5.75 Å². The molecule has 0 saturated carbocycles. The third-order valence-corrected chi connectivity index (χ3v) is 3.97. The lowest BCUT2D eigenvalue weighted by atomic mass is 10.0. The van der Waals surface area contributed by atoms with Crippen LogP contribution in [0.5, 0.6) is 5.75 Å². The minimum atomic E-state index is -0.594. The van der Waals surface area contributed by atoms with E-state index in [2.05, 4.69) is 0 Å². The van der Waals surface area contributed by atoms with Crippen molar-refractivity contribution in [1.29, 1.82) is 0 Å². The van der Waals surface area contributed by atoms with E-state index in [1.165, 1.54) is 30.2 Å². The van der Waals surface area contributed by atoms with E-state index in [1.54, 1.807) is 0 Å². The molecule has 1 N–H and O–H groups in total. The smallest absolute Gasteiger partial charge is 0.285 e. The molecule has 0 aliphatic carbocycles. The molecule has 0 spiro atoms. The highest BCUT2D eigenvalue weighted by atomic mass is 16.6. The van der Waals surface area contributed by atoms with Gasteiger partial charge < -0.3 is 14.7 Å². The van der Waals surface area contributed by atoms with Crippen LogP contribution >= 0.6 is 0 Å². The van der Waals surface area contributed by atoms with Crippen molar-refractivity contribution in [3.63, 3.8) is 0 Å². The molecule has 2 unspecified atom stereocenters. The Morgan fingerprint density at radius 3 is 2.86 bits per heavy atom. The van der Waals surface area contributed by atoms with Crippen LogP contribution in [0.2, 0.25) is 0 Å². The quantitative estimate of drug-likeness (QED) is 0.670. The molecule has 7 nitrogen and oxygen atoms in total. The van der Waals surface area contributed by atoms with Crippen molar-refractivity contribution in [1.82, 2.24) is 4.90 Å². The number of methoxy groups -OCH3 is 1. The van der Waals surface area contributed by atoms with Crippen LogP contribution in [-0.2, 0) is 0 Å². The molecule has 2 rings (SSSR count). The molecule has 21 heavy (non-hydrogen) atoms. The number of carbonyl (C=O) groups excluding carboxylic acids is 1. The molecule has 1 aromatic rings. The van der Waals surface area contributed by atoms with Crippen molar-refractivity contribution < 1.29 is 19.6 Å². The number of nitro benzene ring substituents is 1. The Kier molecular flexibility index (Phi) is 4.42. The van der Waals surface area contributed by atoms with Crippen molar-refractivity contribution in [3.05, 3.63) is 33.9 Å². The van der Waals surface area contributed by atoms with E-state index in [1.807, 2.05) is 6.92 Å². The van der Waals surface area contributed by atoms with Gasteiger partial charge in [0.2, 0.25) is 0 Å². The monoisotopic (exact) mass is 294 g/mol. The maximum Gasteiger partial charge on any atom is 0.285 e. The van der Waals surface area contributed by atoms with Crippen molar-refractivity contribution in [2.24, 2.45) is 5.92 Å². The Morgan fingerprint density at radius 2 is 2.29 bits per heavy atom. The molecule has 0 radical (unpaired) electrons. The summed E-state index contributed by atoms with van der Waals surface area (Å²) in [5.41, 5.74) is -0.340. The molecule has 114 valence electrons. The fourth-order valence-corrected chi connectivity index (χ4v) is 2.74. The number of amides is 1. The highest BCUT2D eigenvalue weighted by molar-refractivity contribution is 6.01. The van der Waals surface area contributed by atoms with Crippen molar-refractivity contribution in [2.75, 3.05) is 20.3 Å². The van der Waals surface area contributed by atoms with Gasteiger partial charge in [-0.2, -0.15) is 0 Å². The summed E-state index contributed by atoms with van der Waals surface area (Å²) < 4.78 is 5.10. The van der Waals surface area contributed by atoms with Gasteiger partial charge in [0.15, 0.2) is 5.56 Å². The molecule has 0 bridgehead atoms. The molecule has 1 heterocycles. The number of carbonyl (C=O) groups is 1. The van der Waals surface area contributed by atoms with Gasteiger partial charge in [0.05, 0.1) is 24.7 Å². The molecule has 7 heteroatoms. The van der Waals surface area contributed by atoms with Crippen LogP contribution in [0.1, 0.15) is 23.7 Å². The summed E-state index contributed by atoms with van der Waals surface area (Å²) in [6.45, 7) is 2.26. The predicted molar refractivity (Wildman–Crippen MR) is 75.3 cm³/mol. The first-order chi connectivity index (χ1) is 10.0. The lowest BCUT2D eigenvalue weighted by Gasteiger charge is -2.25. The normalized spacial score (nSPS) is 21.4. The summed E-state index contributed by atoms with van der Waals surface area (Å²) in [4.78, 5) is 24.8. The van der Waals surface area contributed by atoms with E-state index in [0.29, 0.717) is 6.54 Å². The number of aliphatic hydroxyl groups is 1. The molecule has 1 saturated heterocycles. The van der Waals surface area contributed by atoms with E-state index in [9.17, 15) is 20.0 Å². The number of ether oxygens (including phenoxy) is 1. The van der Waals surface area contributed by atoms with Gasteiger partial charge in [-0.1, -0.05) is 13.0 Å². The molecule has 1 fully saturated rings. The fourth-order valence-electron chi connectivity index (χ4n) is 2.74.